The Morgan fingerprint density at radius 3 is 2.52 bits per heavy atom. The third kappa shape index (κ3) is 2.69. The van der Waals surface area contributed by atoms with Gasteiger partial charge in [0, 0.05) is 12.1 Å². The van der Waals surface area contributed by atoms with Gasteiger partial charge in [-0.2, -0.15) is 0 Å². The first-order chi connectivity index (χ1) is 9.89. The molecule has 1 aliphatic heterocycles. The average molecular weight is 311 g/mol. The molecule has 21 heavy (non-hydrogen) atoms. The smallest absolute Gasteiger partial charge is 0.355 e. The minimum absolute atomic E-state index is 0.0488. The van der Waals surface area contributed by atoms with E-state index >= 15 is 0 Å². The Labute approximate surface area is 124 Å². The monoisotopic (exact) mass is 311 g/mol. The Kier molecular flexibility index (Phi) is 3.97. The fourth-order valence-corrected chi connectivity index (χ4v) is 4.93. The van der Waals surface area contributed by atoms with Crippen molar-refractivity contribution >= 4 is 7.60 Å². The number of benzene rings is 1. The van der Waals surface area contributed by atoms with E-state index in [1.54, 1.807) is 0 Å². The Hall–Kier alpha value is -0.710. The summed E-state index contributed by atoms with van der Waals surface area (Å²) in [4.78, 5) is 20.9. The largest absolute Gasteiger partial charge is 0.379 e. The zero-order valence-electron chi connectivity index (χ0n) is 12.0. The number of fused-ring (bicyclic) bond motifs is 2. The van der Waals surface area contributed by atoms with Crippen LogP contribution in [0, 0.1) is 5.92 Å². The Morgan fingerprint density at radius 1 is 1.24 bits per heavy atom. The van der Waals surface area contributed by atoms with E-state index in [2.05, 4.69) is 11.8 Å². The van der Waals surface area contributed by atoms with Crippen molar-refractivity contribution in [3.05, 3.63) is 35.9 Å². The molecule has 116 valence electrons. The average Bonchev–Trinajstić information content (AvgIpc) is 3.06. The molecule has 3 N–H and O–H groups in total. The summed E-state index contributed by atoms with van der Waals surface area (Å²) in [5, 5.41) is 10.2. The second-order valence-corrected chi connectivity index (χ2v) is 7.96. The van der Waals surface area contributed by atoms with E-state index in [0.717, 1.165) is 24.8 Å². The highest BCUT2D eigenvalue weighted by atomic mass is 31.2. The van der Waals surface area contributed by atoms with Crippen molar-refractivity contribution in [2.45, 2.75) is 50.2 Å². The molecule has 1 saturated heterocycles. The molecule has 2 unspecified atom stereocenters. The van der Waals surface area contributed by atoms with Gasteiger partial charge in [-0.15, -0.1) is 0 Å². The highest BCUT2D eigenvalue weighted by molar-refractivity contribution is 7.52. The summed E-state index contributed by atoms with van der Waals surface area (Å²) in [5.41, 5.74) is 1.12. The van der Waals surface area contributed by atoms with Crippen molar-refractivity contribution < 1.29 is 19.5 Å². The number of nitrogens with zero attached hydrogens (tertiary/aromatic N) is 1. The van der Waals surface area contributed by atoms with Gasteiger partial charge in [-0.1, -0.05) is 30.3 Å². The predicted octanol–water partition coefficient (Wildman–Crippen LogP) is 2.10. The van der Waals surface area contributed by atoms with Crippen molar-refractivity contribution in [2.24, 2.45) is 5.92 Å². The molecule has 0 radical (unpaired) electrons. The van der Waals surface area contributed by atoms with Crippen LogP contribution in [0.5, 0.6) is 0 Å². The van der Waals surface area contributed by atoms with Crippen LogP contribution in [-0.4, -0.2) is 37.7 Å². The van der Waals surface area contributed by atoms with Gasteiger partial charge >= 0.3 is 7.60 Å². The maximum absolute atomic E-state index is 11.5. The molecule has 1 heterocycles. The van der Waals surface area contributed by atoms with Crippen molar-refractivity contribution in [2.75, 3.05) is 0 Å². The molecule has 1 aromatic rings. The summed E-state index contributed by atoms with van der Waals surface area (Å²) < 4.78 is 11.5. The Bertz CT molecular complexity index is 546. The molecule has 1 aliphatic carbocycles. The summed E-state index contributed by atoms with van der Waals surface area (Å²) in [6.45, 7) is 2.05. The number of piperidine rings is 1. The molecular formula is C15H22NO4P. The quantitative estimate of drug-likeness (QED) is 0.742. The van der Waals surface area contributed by atoms with E-state index in [4.69, 9.17) is 0 Å². The molecule has 5 nitrogen and oxygen atoms in total. The topological polar surface area (TPSA) is 81.0 Å². The molecular weight excluding hydrogens is 289 g/mol. The van der Waals surface area contributed by atoms with Crippen LogP contribution in [0.15, 0.2) is 30.3 Å². The Balaban J connectivity index is 1.90. The fraction of sp³-hybridized carbons (Fsp3) is 0.600. The standard InChI is InChI=1S/C15H22NO4P/c1-10(11-5-3-2-4-6-11)16-13-8-7-12(9-13)14(16)15(17)21(18,19)20/h2-6,10,12-15,17H,7-9H2,1H3,(H2,18,19,20)/t10-,12+,13+,14?,15?/m0/s1. The van der Waals surface area contributed by atoms with Gasteiger partial charge < -0.3 is 14.9 Å². The molecule has 5 atom stereocenters. The first-order valence-corrected chi connectivity index (χ1v) is 9.13. The molecule has 2 bridgehead atoms. The highest BCUT2D eigenvalue weighted by Gasteiger charge is 2.54. The van der Waals surface area contributed by atoms with E-state index in [9.17, 15) is 19.5 Å². The van der Waals surface area contributed by atoms with Crippen molar-refractivity contribution in [1.82, 2.24) is 4.90 Å². The van der Waals surface area contributed by atoms with Gasteiger partial charge in [-0.25, -0.2) is 0 Å². The number of hydrogen-bond donors (Lipinski definition) is 3. The van der Waals surface area contributed by atoms with Crippen molar-refractivity contribution in [3.8, 4) is 0 Å². The fourth-order valence-electron chi connectivity index (χ4n) is 4.13. The summed E-state index contributed by atoms with van der Waals surface area (Å²) >= 11 is 0. The lowest BCUT2D eigenvalue weighted by atomic mass is 9.96. The maximum atomic E-state index is 11.5. The summed E-state index contributed by atoms with van der Waals surface area (Å²) in [5.74, 6) is -1.40. The Morgan fingerprint density at radius 2 is 1.90 bits per heavy atom. The number of likely N-dealkylation sites (tertiary alicyclic amines) is 1. The van der Waals surface area contributed by atoms with E-state index in [1.807, 2.05) is 30.3 Å². The number of aliphatic hydroxyl groups excluding tert-OH is 1. The molecule has 0 spiro atoms. The van der Waals surface area contributed by atoms with E-state index in [1.165, 1.54) is 0 Å². The predicted molar refractivity (Wildman–Crippen MR) is 79.7 cm³/mol. The van der Waals surface area contributed by atoms with Gasteiger partial charge in [-0.05, 0) is 37.7 Å². The van der Waals surface area contributed by atoms with Crippen molar-refractivity contribution in [1.29, 1.82) is 0 Å². The molecule has 1 aromatic carbocycles. The lowest BCUT2D eigenvalue weighted by molar-refractivity contribution is 0.0241. The molecule has 2 fully saturated rings. The van der Waals surface area contributed by atoms with E-state index in [-0.39, 0.29) is 12.0 Å². The van der Waals surface area contributed by atoms with Gasteiger partial charge in [0.15, 0.2) is 5.85 Å². The number of rotatable bonds is 4. The molecule has 1 saturated carbocycles. The SMILES string of the molecule is C[C@@H](c1ccccc1)N1C(C(O)P(=O)(O)O)[C@@H]2CC[C@@H]1C2. The third-order valence-corrected chi connectivity index (χ3v) is 6.07. The summed E-state index contributed by atoms with van der Waals surface area (Å²) in [7, 11) is -4.49. The first-order valence-electron chi connectivity index (χ1n) is 7.45. The minimum atomic E-state index is -4.49. The minimum Gasteiger partial charge on any atom is -0.379 e. The van der Waals surface area contributed by atoms with Gasteiger partial charge in [-0.3, -0.25) is 9.46 Å². The second kappa shape index (κ2) is 5.49. The van der Waals surface area contributed by atoms with E-state index < -0.39 is 19.5 Å². The second-order valence-electron chi connectivity index (χ2n) is 6.25. The molecule has 2 aliphatic rings. The van der Waals surface area contributed by atoms with Crippen LogP contribution in [0.2, 0.25) is 0 Å². The van der Waals surface area contributed by atoms with Gasteiger partial charge in [0.2, 0.25) is 0 Å². The summed E-state index contributed by atoms with van der Waals surface area (Å²) in [6.07, 6.45) is 2.93. The highest BCUT2D eigenvalue weighted by Crippen LogP contribution is 2.54. The molecule has 0 aromatic heterocycles. The van der Waals surface area contributed by atoms with Gasteiger partial charge in [0.1, 0.15) is 0 Å². The lowest BCUT2D eigenvalue weighted by Crippen LogP contribution is -2.48. The lowest BCUT2D eigenvalue weighted by Gasteiger charge is -2.41. The van der Waals surface area contributed by atoms with E-state index in [0.29, 0.717) is 6.04 Å². The van der Waals surface area contributed by atoms with Crippen LogP contribution in [0.25, 0.3) is 0 Å². The van der Waals surface area contributed by atoms with Crippen molar-refractivity contribution in [3.63, 3.8) is 0 Å². The van der Waals surface area contributed by atoms with Gasteiger partial charge in [0.25, 0.3) is 0 Å². The van der Waals surface area contributed by atoms with Crippen LogP contribution >= 0.6 is 7.60 Å². The molecule has 3 rings (SSSR count). The zero-order chi connectivity index (χ0) is 15.2. The summed E-state index contributed by atoms with van der Waals surface area (Å²) in [6, 6.07) is 9.86. The van der Waals surface area contributed by atoms with Crippen LogP contribution in [0.1, 0.15) is 37.8 Å². The normalized spacial score (nSPS) is 32.3. The zero-order valence-corrected chi connectivity index (χ0v) is 12.9. The van der Waals surface area contributed by atoms with Crippen LogP contribution in [0.3, 0.4) is 0 Å². The number of aliphatic hydroxyl groups is 1. The van der Waals surface area contributed by atoms with Crippen LogP contribution in [0.4, 0.5) is 0 Å². The maximum Gasteiger partial charge on any atom is 0.355 e. The third-order valence-electron chi connectivity index (χ3n) is 5.07. The van der Waals surface area contributed by atoms with Crippen LogP contribution in [-0.2, 0) is 4.57 Å². The van der Waals surface area contributed by atoms with Crippen LogP contribution < -0.4 is 0 Å². The number of hydrogen-bond acceptors (Lipinski definition) is 3. The first kappa shape index (κ1) is 15.2. The molecule has 6 heteroatoms. The molecule has 0 amide bonds. The van der Waals surface area contributed by atoms with Gasteiger partial charge in [0.05, 0.1) is 6.04 Å².